The molecule has 26 heavy (non-hydrogen) atoms. The van der Waals surface area contributed by atoms with Crippen LogP contribution < -0.4 is 5.32 Å². The first-order valence-electron chi connectivity index (χ1n) is 8.65. The second-order valence-corrected chi connectivity index (χ2v) is 6.56. The number of amides is 2. The van der Waals surface area contributed by atoms with Gasteiger partial charge in [0.2, 0.25) is 11.8 Å². The smallest absolute Gasteiger partial charge is 0.335 e. The average Bonchev–Trinajstić information content (AvgIpc) is 2.60. The van der Waals surface area contributed by atoms with Crippen molar-refractivity contribution in [1.29, 1.82) is 0 Å². The van der Waals surface area contributed by atoms with Crippen molar-refractivity contribution in [2.45, 2.75) is 38.4 Å². The van der Waals surface area contributed by atoms with E-state index in [1.165, 1.54) is 30.1 Å². The van der Waals surface area contributed by atoms with Crippen molar-refractivity contribution in [2.24, 2.45) is 0 Å². The van der Waals surface area contributed by atoms with Crippen LogP contribution in [0.25, 0.3) is 0 Å². The number of likely N-dealkylation sites (N-methyl/N-ethyl adjacent to an activating group) is 1. The minimum atomic E-state index is -4.56. The molecule has 5 nitrogen and oxygen atoms in total. The van der Waals surface area contributed by atoms with Crippen LogP contribution in [0.15, 0.2) is 24.3 Å². The van der Waals surface area contributed by atoms with Crippen molar-refractivity contribution in [3.63, 3.8) is 0 Å². The molecule has 2 amide bonds. The van der Waals surface area contributed by atoms with Gasteiger partial charge in [0.1, 0.15) is 0 Å². The van der Waals surface area contributed by atoms with Gasteiger partial charge in [0.05, 0.1) is 23.8 Å². The molecule has 0 saturated carbocycles. The summed E-state index contributed by atoms with van der Waals surface area (Å²) in [6, 6.07) is 4.42. The first kappa shape index (κ1) is 20.2. The number of para-hydroxylation sites is 1. The van der Waals surface area contributed by atoms with Crippen molar-refractivity contribution < 1.29 is 22.8 Å². The van der Waals surface area contributed by atoms with Gasteiger partial charge in [0.15, 0.2) is 0 Å². The molecule has 0 aliphatic carbocycles. The van der Waals surface area contributed by atoms with E-state index in [1.54, 1.807) is 6.92 Å². The number of nitrogens with zero attached hydrogens (tertiary/aromatic N) is 2. The van der Waals surface area contributed by atoms with Crippen molar-refractivity contribution in [3.8, 4) is 0 Å². The Labute approximate surface area is 151 Å². The molecule has 0 aromatic heterocycles. The predicted octanol–water partition coefficient (Wildman–Crippen LogP) is 2.98. The summed E-state index contributed by atoms with van der Waals surface area (Å²) in [5.41, 5.74) is -1.22. The predicted molar refractivity (Wildman–Crippen MR) is 92.6 cm³/mol. The van der Waals surface area contributed by atoms with E-state index >= 15 is 0 Å². The molecule has 1 saturated heterocycles. The van der Waals surface area contributed by atoms with E-state index in [0.29, 0.717) is 0 Å². The standard InChI is InChI=1S/C18H24F3N3O2/c1-13(24-10-6-3-7-11-24)17(26)23(2)12-16(25)22-15-9-5-4-8-14(15)18(19,20)21/h4-5,8-9,13H,3,6-7,10-12H2,1-2H3,(H,22,25)/t13-/m1/s1. The van der Waals surface area contributed by atoms with E-state index in [2.05, 4.69) is 10.2 Å². The van der Waals surface area contributed by atoms with Crippen LogP contribution in [0.3, 0.4) is 0 Å². The maximum absolute atomic E-state index is 13.0. The zero-order chi connectivity index (χ0) is 19.3. The summed E-state index contributed by atoms with van der Waals surface area (Å²) in [7, 11) is 1.48. The molecule has 0 radical (unpaired) electrons. The molecule has 1 aromatic rings. The van der Waals surface area contributed by atoms with E-state index < -0.39 is 17.6 Å². The number of halogens is 3. The van der Waals surface area contributed by atoms with Gasteiger partial charge in [-0.2, -0.15) is 13.2 Å². The lowest BCUT2D eigenvalue weighted by atomic mass is 10.1. The number of piperidine rings is 1. The molecule has 1 aliphatic rings. The van der Waals surface area contributed by atoms with Crippen LogP contribution in [0, 0.1) is 0 Å². The number of rotatable bonds is 5. The fourth-order valence-corrected chi connectivity index (χ4v) is 3.10. The fraction of sp³-hybridized carbons (Fsp3) is 0.556. The molecular formula is C18H24F3N3O2. The Morgan fingerprint density at radius 2 is 1.81 bits per heavy atom. The summed E-state index contributed by atoms with van der Waals surface area (Å²) >= 11 is 0. The molecule has 144 valence electrons. The van der Waals surface area contributed by atoms with Crippen LogP contribution in [-0.2, 0) is 15.8 Å². The third-order valence-corrected chi connectivity index (χ3v) is 4.56. The second kappa shape index (κ2) is 8.53. The first-order chi connectivity index (χ1) is 12.2. The van der Waals surface area contributed by atoms with E-state index in [4.69, 9.17) is 0 Å². The Bertz CT molecular complexity index is 643. The minimum absolute atomic E-state index is 0.217. The normalized spacial score (nSPS) is 16.8. The van der Waals surface area contributed by atoms with Gasteiger partial charge in [-0.1, -0.05) is 18.6 Å². The van der Waals surface area contributed by atoms with Crippen LogP contribution in [0.4, 0.5) is 18.9 Å². The van der Waals surface area contributed by atoms with E-state index in [0.717, 1.165) is 38.4 Å². The van der Waals surface area contributed by atoms with Gasteiger partial charge >= 0.3 is 6.18 Å². The molecule has 8 heteroatoms. The highest BCUT2D eigenvalue weighted by molar-refractivity contribution is 5.95. The number of hydrogen-bond acceptors (Lipinski definition) is 3. The summed E-state index contributed by atoms with van der Waals surface area (Å²) in [6.07, 6.45) is -1.34. The lowest BCUT2D eigenvalue weighted by Gasteiger charge is -2.33. The molecule has 2 rings (SSSR count). The lowest BCUT2D eigenvalue weighted by molar-refractivity contribution is -0.138. The van der Waals surface area contributed by atoms with Gasteiger partial charge in [-0.3, -0.25) is 14.5 Å². The van der Waals surface area contributed by atoms with E-state index in [9.17, 15) is 22.8 Å². The van der Waals surface area contributed by atoms with Crippen molar-refractivity contribution in [2.75, 3.05) is 32.0 Å². The average molecular weight is 371 g/mol. The largest absolute Gasteiger partial charge is 0.418 e. The molecule has 1 aromatic carbocycles. The molecule has 1 N–H and O–H groups in total. The molecule has 1 aliphatic heterocycles. The highest BCUT2D eigenvalue weighted by Gasteiger charge is 2.34. The molecule has 1 fully saturated rings. The number of anilines is 1. The van der Waals surface area contributed by atoms with Gasteiger partial charge in [-0.25, -0.2) is 0 Å². The van der Waals surface area contributed by atoms with Crippen molar-refractivity contribution in [3.05, 3.63) is 29.8 Å². The van der Waals surface area contributed by atoms with Crippen LogP contribution in [0.2, 0.25) is 0 Å². The second-order valence-electron chi connectivity index (χ2n) is 6.56. The summed E-state index contributed by atoms with van der Waals surface area (Å²) in [5.74, 6) is -0.880. The zero-order valence-corrected chi connectivity index (χ0v) is 15.0. The number of nitrogens with one attached hydrogen (secondary N) is 1. The minimum Gasteiger partial charge on any atom is -0.335 e. The van der Waals surface area contributed by atoms with Gasteiger partial charge in [-0.05, 0) is 45.0 Å². The zero-order valence-electron chi connectivity index (χ0n) is 15.0. The molecule has 1 atom stereocenters. The molecule has 0 unspecified atom stereocenters. The highest BCUT2D eigenvalue weighted by atomic mass is 19.4. The fourth-order valence-electron chi connectivity index (χ4n) is 3.10. The van der Waals surface area contributed by atoms with Crippen LogP contribution in [0.5, 0.6) is 0 Å². The molecule has 1 heterocycles. The molecule has 0 spiro atoms. The van der Waals surface area contributed by atoms with Gasteiger partial charge < -0.3 is 10.2 Å². The van der Waals surface area contributed by atoms with Crippen LogP contribution in [0.1, 0.15) is 31.7 Å². The summed E-state index contributed by atoms with van der Waals surface area (Å²) < 4.78 is 38.9. The van der Waals surface area contributed by atoms with E-state index in [1.807, 2.05) is 0 Å². The quantitative estimate of drug-likeness (QED) is 0.866. The van der Waals surface area contributed by atoms with Crippen molar-refractivity contribution in [1.82, 2.24) is 9.80 Å². The number of alkyl halides is 3. The van der Waals surface area contributed by atoms with Crippen LogP contribution >= 0.6 is 0 Å². The molecule has 0 bridgehead atoms. The third kappa shape index (κ3) is 5.20. The van der Waals surface area contributed by atoms with Gasteiger partial charge in [0.25, 0.3) is 0 Å². The Morgan fingerprint density at radius 3 is 2.42 bits per heavy atom. The van der Waals surface area contributed by atoms with Gasteiger partial charge in [-0.15, -0.1) is 0 Å². The maximum Gasteiger partial charge on any atom is 0.418 e. The van der Waals surface area contributed by atoms with E-state index in [-0.39, 0.29) is 24.2 Å². The summed E-state index contributed by atoms with van der Waals surface area (Å²) in [6.45, 7) is 3.17. The molecular weight excluding hydrogens is 347 g/mol. The lowest BCUT2D eigenvalue weighted by Crippen LogP contribution is -2.49. The van der Waals surface area contributed by atoms with Crippen molar-refractivity contribution >= 4 is 17.5 Å². The SMILES string of the molecule is C[C@H](C(=O)N(C)CC(=O)Nc1ccccc1C(F)(F)F)N1CCCCC1. The number of carbonyl (C=O) groups is 2. The number of benzene rings is 1. The monoisotopic (exact) mass is 371 g/mol. The Kier molecular flexibility index (Phi) is 6.63. The number of hydrogen-bond donors (Lipinski definition) is 1. The Balaban J connectivity index is 1.96. The highest BCUT2D eigenvalue weighted by Crippen LogP contribution is 2.34. The third-order valence-electron chi connectivity index (χ3n) is 4.56. The number of likely N-dealkylation sites (tertiary alicyclic amines) is 1. The summed E-state index contributed by atoms with van der Waals surface area (Å²) in [5, 5.41) is 2.25. The maximum atomic E-state index is 13.0. The Morgan fingerprint density at radius 1 is 1.19 bits per heavy atom. The number of carbonyl (C=O) groups excluding carboxylic acids is 2. The Hall–Kier alpha value is -2.09. The topological polar surface area (TPSA) is 52.7 Å². The first-order valence-corrected chi connectivity index (χ1v) is 8.65. The van der Waals surface area contributed by atoms with Gasteiger partial charge in [0, 0.05) is 7.05 Å². The summed E-state index contributed by atoms with van der Waals surface area (Å²) in [4.78, 5) is 27.9. The van der Waals surface area contributed by atoms with Crippen LogP contribution in [-0.4, -0.2) is 54.3 Å².